The van der Waals surface area contributed by atoms with Gasteiger partial charge in [0.05, 0.1) is 17.4 Å². The first-order valence-corrected chi connectivity index (χ1v) is 13.3. The summed E-state index contributed by atoms with van der Waals surface area (Å²) in [4.78, 5) is 22.7. The molecule has 7 nitrogen and oxygen atoms in total. The van der Waals surface area contributed by atoms with Crippen molar-refractivity contribution in [2.24, 2.45) is 0 Å². The van der Waals surface area contributed by atoms with Crippen LogP contribution in [0.5, 0.6) is 5.75 Å². The Balaban J connectivity index is 1.23. The fraction of sp³-hybridized carbons (Fsp3) is 0.481. The van der Waals surface area contributed by atoms with E-state index in [-0.39, 0.29) is 22.8 Å². The summed E-state index contributed by atoms with van der Waals surface area (Å²) in [6.07, 6.45) is 2.92. The van der Waals surface area contributed by atoms with E-state index in [2.05, 4.69) is 9.88 Å². The van der Waals surface area contributed by atoms with E-state index in [1.165, 1.54) is 18.9 Å². The number of pyridine rings is 1. The molecule has 0 unspecified atom stereocenters. The number of hydrogen-bond donors (Lipinski definition) is 0. The monoisotopic (exact) mass is 541 g/mol. The Kier molecular flexibility index (Phi) is 6.07. The second-order valence-electron chi connectivity index (χ2n) is 10.4. The smallest absolute Gasteiger partial charge is 0.419 e. The summed E-state index contributed by atoms with van der Waals surface area (Å²) >= 11 is 5.67. The molecule has 2 saturated heterocycles. The van der Waals surface area contributed by atoms with Crippen molar-refractivity contribution in [1.82, 2.24) is 9.88 Å². The van der Waals surface area contributed by atoms with Gasteiger partial charge in [0, 0.05) is 24.8 Å². The van der Waals surface area contributed by atoms with Gasteiger partial charge in [0.1, 0.15) is 23.5 Å². The predicted molar refractivity (Wildman–Crippen MR) is 138 cm³/mol. The Morgan fingerprint density at radius 1 is 1.08 bits per heavy atom. The lowest BCUT2D eigenvalue weighted by Gasteiger charge is -2.43. The molecule has 0 bridgehead atoms. The van der Waals surface area contributed by atoms with Crippen LogP contribution in [-0.4, -0.2) is 51.7 Å². The quantitative estimate of drug-likeness (QED) is 0.491. The van der Waals surface area contributed by atoms with Gasteiger partial charge in [0.25, 0.3) is 5.91 Å². The van der Waals surface area contributed by atoms with Gasteiger partial charge in [0.2, 0.25) is 0 Å². The summed E-state index contributed by atoms with van der Waals surface area (Å²) in [5.74, 6) is 0.358. The standard InChI is InChI=1S/C27H26F3N5O2S/c28-27(29,30)22-14-19(16-32-23(22)15-31)34-24(36)26(10-1-11-26)35(25(34)38)18-4-6-20(7-5-18)37-21-8-12-33(13-9-21)17-2-3-17/h4-7,14,16-17,21H,1-3,8-13H2. The number of hydrogen-bond acceptors (Lipinski definition) is 6. The molecule has 3 heterocycles. The van der Waals surface area contributed by atoms with E-state index in [1.54, 1.807) is 4.90 Å². The molecule has 1 spiro atoms. The van der Waals surface area contributed by atoms with E-state index < -0.39 is 23.0 Å². The minimum atomic E-state index is -4.79. The second-order valence-corrected chi connectivity index (χ2v) is 10.8. The molecule has 2 aromatic rings. The van der Waals surface area contributed by atoms with Crippen molar-refractivity contribution in [3.8, 4) is 11.8 Å². The SMILES string of the molecule is N#Cc1ncc(N2C(=O)C3(CCC3)N(c3ccc(OC4CCN(C5CC5)CC4)cc3)C2=S)cc1C(F)(F)F. The summed E-state index contributed by atoms with van der Waals surface area (Å²) in [5, 5.41) is 9.18. The number of aromatic nitrogens is 1. The highest BCUT2D eigenvalue weighted by Gasteiger charge is 2.59. The number of benzene rings is 1. The zero-order chi connectivity index (χ0) is 26.7. The lowest BCUT2D eigenvalue weighted by molar-refractivity contribution is -0.138. The highest BCUT2D eigenvalue weighted by atomic mass is 32.1. The van der Waals surface area contributed by atoms with Crippen molar-refractivity contribution >= 4 is 34.6 Å². The summed E-state index contributed by atoms with van der Waals surface area (Å²) in [6.45, 7) is 2.10. The van der Waals surface area contributed by atoms with Crippen molar-refractivity contribution in [3.63, 3.8) is 0 Å². The third kappa shape index (κ3) is 4.20. The zero-order valence-electron chi connectivity index (χ0n) is 20.6. The number of carbonyl (C=O) groups excluding carboxylic acids is 1. The molecule has 0 N–H and O–H groups in total. The number of carbonyl (C=O) groups is 1. The lowest BCUT2D eigenvalue weighted by Crippen LogP contribution is -2.55. The first-order chi connectivity index (χ1) is 18.2. The van der Waals surface area contributed by atoms with Gasteiger partial charge in [-0.3, -0.25) is 9.69 Å². The highest BCUT2D eigenvalue weighted by molar-refractivity contribution is 7.81. The number of amides is 1. The number of thiocarbonyl (C=S) groups is 1. The minimum Gasteiger partial charge on any atom is -0.490 e. The summed E-state index contributed by atoms with van der Waals surface area (Å²) < 4.78 is 47.0. The molecule has 0 atom stereocenters. The zero-order valence-corrected chi connectivity index (χ0v) is 21.4. The molecule has 1 aromatic carbocycles. The Morgan fingerprint density at radius 3 is 2.32 bits per heavy atom. The van der Waals surface area contributed by atoms with E-state index in [0.717, 1.165) is 61.3 Å². The average molecular weight is 542 g/mol. The van der Waals surface area contributed by atoms with Crippen LogP contribution in [0.2, 0.25) is 0 Å². The molecule has 11 heteroatoms. The predicted octanol–water partition coefficient (Wildman–Crippen LogP) is 5.04. The highest BCUT2D eigenvalue weighted by Crippen LogP contribution is 2.48. The second kappa shape index (κ2) is 9.20. The molecular formula is C27H26F3N5O2S. The molecule has 4 fully saturated rings. The fourth-order valence-electron chi connectivity index (χ4n) is 5.75. The van der Waals surface area contributed by atoms with Gasteiger partial charge in [-0.2, -0.15) is 18.4 Å². The van der Waals surface area contributed by atoms with Crippen LogP contribution in [0.4, 0.5) is 24.5 Å². The maximum atomic E-state index is 13.6. The Morgan fingerprint density at radius 2 is 1.76 bits per heavy atom. The van der Waals surface area contributed by atoms with E-state index in [0.29, 0.717) is 18.5 Å². The Labute approximate surface area is 223 Å². The summed E-state index contributed by atoms with van der Waals surface area (Å²) in [6, 6.07) is 10.4. The topological polar surface area (TPSA) is 72.7 Å². The Hall–Kier alpha value is -3.23. The molecule has 2 saturated carbocycles. The van der Waals surface area contributed by atoms with Gasteiger partial charge in [-0.25, -0.2) is 4.98 Å². The van der Waals surface area contributed by atoms with Crippen molar-refractivity contribution in [2.45, 2.75) is 68.8 Å². The Bertz CT molecular complexity index is 1310. The third-order valence-electron chi connectivity index (χ3n) is 8.07. The number of alkyl halides is 3. The van der Waals surface area contributed by atoms with Crippen LogP contribution in [0.1, 0.15) is 56.2 Å². The van der Waals surface area contributed by atoms with Crippen molar-refractivity contribution < 1.29 is 22.7 Å². The molecule has 2 aliphatic heterocycles. The van der Waals surface area contributed by atoms with Crippen LogP contribution in [0.25, 0.3) is 0 Å². The molecule has 1 aromatic heterocycles. The van der Waals surface area contributed by atoms with Gasteiger partial charge in [0.15, 0.2) is 10.8 Å². The van der Waals surface area contributed by atoms with Crippen LogP contribution in [0.3, 0.4) is 0 Å². The number of ether oxygens (including phenoxy) is 1. The molecule has 38 heavy (non-hydrogen) atoms. The van der Waals surface area contributed by atoms with Crippen LogP contribution < -0.4 is 14.5 Å². The summed E-state index contributed by atoms with van der Waals surface area (Å²) in [5.41, 5.74) is -2.31. The van der Waals surface area contributed by atoms with E-state index >= 15 is 0 Å². The van der Waals surface area contributed by atoms with Crippen molar-refractivity contribution in [3.05, 3.63) is 47.8 Å². The number of halogens is 3. The molecule has 0 radical (unpaired) electrons. The molecule has 4 aliphatic rings. The molecule has 1 amide bonds. The van der Waals surface area contributed by atoms with Crippen LogP contribution in [0, 0.1) is 11.3 Å². The maximum absolute atomic E-state index is 13.6. The van der Waals surface area contributed by atoms with Crippen LogP contribution in [0.15, 0.2) is 36.5 Å². The molecule has 2 aliphatic carbocycles. The minimum absolute atomic E-state index is 0.0930. The lowest BCUT2D eigenvalue weighted by atomic mass is 9.75. The van der Waals surface area contributed by atoms with E-state index in [9.17, 15) is 18.0 Å². The molecule has 198 valence electrons. The number of rotatable bonds is 5. The van der Waals surface area contributed by atoms with Gasteiger partial charge in [-0.05, 0) is 87.5 Å². The largest absolute Gasteiger partial charge is 0.490 e. The number of piperidine rings is 1. The molecular weight excluding hydrogens is 515 g/mol. The van der Waals surface area contributed by atoms with Gasteiger partial charge < -0.3 is 14.5 Å². The van der Waals surface area contributed by atoms with E-state index in [1.807, 2.05) is 24.3 Å². The number of nitriles is 1. The van der Waals surface area contributed by atoms with Gasteiger partial charge >= 0.3 is 6.18 Å². The number of anilines is 2. The average Bonchev–Trinajstić information content (AvgIpc) is 3.69. The van der Waals surface area contributed by atoms with E-state index in [4.69, 9.17) is 22.2 Å². The van der Waals surface area contributed by atoms with Crippen molar-refractivity contribution in [1.29, 1.82) is 5.26 Å². The van der Waals surface area contributed by atoms with Gasteiger partial charge in [-0.15, -0.1) is 0 Å². The number of likely N-dealkylation sites (tertiary alicyclic amines) is 1. The van der Waals surface area contributed by atoms with Crippen molar-refractivity contribution in [2.75, 3.05) is 22.9 Å². The first kappa shape index (κ1) is 25.1. The maximum Gasteiger partial charge on any atom is 0.419 e. The number of nitrogens with zero attached hydrogens (tertiary/aromatic N) is 5. The molecule has 6 rings (SSSR count). The van der Waals surface area contributed by atoms with Crippen LogP contribution >= 0.6 is 12.2 Å². The van der Waals surface area contributed by atoms with Crippen LogP contribution in [-0.2, 0) is 11.0 Å². The first-order valence-electron chi connectivity index (χ1n) is 12.9. The fourth-order valence-corrected chi connectivity index (χ4v) is 6.22. The van der Waals surface area contributed by atoms with Gasteiger partial charge in [-0.1, -0.05) is 0 Å². The third-order valence-corrected chi connectivity index (χ3v) is 8.44. The summed E-state index contributed by atoms with van der Waals surface area (Å²) in [7, 11) is 0. The normalized spacial score (nSPS) is 22.1.